The molecule has 0 aliphatic rings. The van der Waals surface area contributed by atoms with Crippen LogP contribution >= 0.6 is 0 Å². The molecule has 0 saturated heterocycles. The van der Waals surface area contributed by atoms with Crippen LogP contribution in [-0.2, 0) is 9.59 Å². The van der Waals surface area contributed by atoms with E-state index in [0.29, 0.717) is 0 Å². The molecule has 3 N–H and O–H groups in total. The molecule has 10 heavy (non-hydrogen) atoms. The molecule has 0 heterocycles. The zero-order valence-electron chi connectivity index (χ0n) is 4.44. The van der Waals surface area contributed by atoms with Gasteiger partial charge in [0.25, 0.3) is 0 Å². The molecule has 0 aromatic carbocycles. The van der Waals surface area contributed by atoms with E-state index in [4.69, 9.17) is 15.3 Å². The summed E-state index contributed by atoms with van der Waals surface area (Å²) in [5.74, 6) is -2.85. The van der Waals surface area contributed by atoms with Crippen LogP contribution in [0.25, 0.3) is 0 Å². The van der Waals surface area contributed by atoms with Gasteiger partial charge in [-0.1, -0.05) is 0 Å². The van der Waals surface area contributed by atoms with E-state index < -0.39 is 24.5 Å². The summed E-state index contributed by atoms with van der Waals surface area (Å²) < 4.78 is 0. The van der Waals surface area contributed by atoms with Crippen molar-refractivity contribution in [2.24, 2.45) is 0 Å². The number of aliphatic carboxylic acids is 2. The van der Waals surface area contributed by atoms with Gasteiger partial charge < -0.3 is 15.3 Å². The first-order valence-electron chi connectivity index (χ1n) is 2.16. The SMILES string of the molecule is O=C(O)CC(O)C(=O)O.[GaH3]. The summed E-state index contributed by atoms with van der Waals surface area (Å²) in [6, 6.07) is 0. The number of aliphatic hydroxyl groups is 1. The second-order valence-electron chi connectivity index (χ2n) is 1.45. The second-order valence-corrected chi connectivity index (χ2v) is 1.45. The average molecular weight is 207 g/mol. The van der Waals surface area contributed by atoms with Crippen molar-refractivity contribution < 1.29 is 24.9 Å². The molecule has 1 unspecified atom stereocenters. The van der Waals surface area contributed by atoms with Gasteiger partial charge in [-0.05, 0) is 0 Å². The number of hydrogen-bond donors (Lipinski definition) is 3. The van der Waals surface area contributed by atoms with Crippen LogP contribution in [0.3, 0.4) is 0 Å². The fraction of sp³-hybridized carbons (Fsp3) is 0.500. The van der Waals surface area contributed by atoms with Crippen molar-refractivity contribution in [3.8, 4) is 0 Å². The predicted molar refractivity (Wildman–Crippen MR) is 35.8 cm³/mol. The van der Waals surface area contributed by atoms with Crippen LogP contribution in [0.2, 0.25) is 0 Å². The minimum absolute atomic E-state index is 0. The molecule has 0 aromatic heterocycles. The number of aliphatic hydroxyl groups excluding tert-OH is 1. The van der Waals surface area contributed by atoms with E-state index in [1.54, 1.807) is 0 Å². The first-order chi connectivity index (χ1) is 4.04. The summed E-state index contributed by atoms with van der Waals surface area (Å²) in [6.07, 6.45) is -2.54. The third kappa shape index (κ3) is 5.67. The van der Waals surface area contributed by atoms with E-state index >= 15 is 0 Å². The maximum absolute atomic E-state index is 9.72. The van der Waals surface area contributed by atoms with Crippen LogP contribution in [0.1, 0.15) is 6.42 Å². The van der Waals surface area contributed by atoms with Crippen molar-refractivity contribution in [2.45, 2.75) is 12.5 Å². The Hall–Kier alpha value is -0.464. The molecule has 0 aromatic rings. The predicted octanol–water partition coefficient (Wildman–Crippen LogP) is -2.28. The van der Waals surface area contributed by atoms with Crippen molar-refractivity contribution >= 4 is 31.7 Å². The van der Waals surface area contributed by atoms with Crippen LogP contribution < -0.4 is 0 Å². The molecule has 0 amide bonds. The van der Waals surface area contributed by atoms with E-state index in [1.165, 1.54) is 0 Å². The summed E-state index contributed by atoms with van der Waals surface area (Å²) in [5.41, 5.74) is 0. The van der Waals surface area contributed by atoms with Crippen molar-refractivity contribution in [1.29, 1.82) is 0 Å². The zero-order valence-corrected chi connectivity index (χ0v) is 4.44. The van der Waals surface area contributed by atoms with Crippen LogP contribution in [0.4, 0.5) is 0 Å². The van der Waals surface area contributed by atoms with Gasteiger partial charge in [0, 0.05) is 0 Å². The summed E-state index contributed by atoms with van der Waals surface area (Å²) >= 11 is 0. The van der Waals surface area contributed by atoms with Crippen molar-refractivity contribution in [1.82, 2.24) is 0 Å². The number of hydrogen-bond acceptors (Lipinski definition) is 3. The van der Waals surface area contributed by atoms with Crippen LogP contribution in [0, 0.1) is 0 Å². The molecule has 1 atom stereocenters. The molecule has 58 valence electrons. The van der Waals surface area contributed by atoms with Gasteiger partial charge in [0.15, 0.2) is 6.10 Å². The fourth-order valence-corrected chi connectivity index (χ4v) is 0.253. The van der Waals surface area contributed by atoms with E-state index in [1.807, 2.05) is 0 Å². The molecular formula is C4H9GaO5. The van der Waals surface area contributed by atoms with Crippen molar-refractivity contribution in [3.63, 3.8) is 0 Å². The maximum atomic E-state index is 9.72. The molecule has 0 aliphatic heterocycles. The van der Waals surface area contributed by atoms with Crippen LogP contribution in [0.15, 0.2) is 0 Å². The van der Waals surface area contributed by atoms with Gasteiger partial charge in [-0.25, -0.2) is 4.79 Å². The number of carbonyl (C=O) groups is 2. The van der Waals surface area contributed by atoms with E-state index in [2.05, 4.69) is 0 Å². The van der Waals surface area contributed by atoms with Crippen LogP contribution in [-0.4, -0.2) is 53.2 Å². The zero-order chi connectivity index (χ0) is 7.44. The molecule has 0 saturated carbocycles. The Morgan fingerprint density at radius 1 is 1.30 bits per heavy atom. The molecule has 0 bridgehead atoms. The Balaban J connectivity index is 0. The summed E-state index contributed by atoms with van der Waals surface area (Å²) in [5, 5.41) is 24.1. The molecule has 6 heteroatoms. The summed E-state index contributed by atoms with van der Waals surface area (Å²) in [7, 11) is 0. The molecular weight excluding hydrogens is 198 g/mol. The average Bonchev–Trinajstić information content (AvgIpc) is 1.63. The first kappa shape index (κ1) is 12.2. The van der Waals surface area contributed by atoms with Gasteiger partial charge in [-0.15, -0.1) is 0 Å². The first-order valence-corrected chi connectivity index (χ1v) is 2.16. The Bertz CT molecular complexity index is 134. The molecule has 0 radical (unpaired) electrons. The summed E-state index contributed by atoms with van der Waals surface area (Å²) in [4.78, 5) is 19.4. The van der Waals surface area contributed by atoms with E-state index in [9.17, 15) is 9.59 Å². The van der Waals surface area contributed by atoms with Gasteiger partial charge in [0.1, 0.15) is 0 Å². The van der Waals surface area contributed by atoms with Crippen molar-refractivity contribution in [3.05, 3.63) is 0 Å². The minimum atomic E-state index is -1.79. The normalized spacial score (nSPS) is 11.3. The van der Waals surface area contributed by atoms with E-state index in [0.717, 1.165) is 0 Å². The second kappa shape index (κ2) is 5.33. The molecule has 5 nitrogen and oxygen atoms in total. The van der Waals surface area contributed by atoms with Gasteiger partial charge in [-0.2, -0.15) is 0 Å². The molecule has 0 fully saturated rings. The monoisotopic (exact) mass is 206 g/mol. The van der Waals surface area contributed by atoms with Crippen LogP contribution in [0.5, 0.6) is 0 Å². The molecule has 0 aliphatic carbocycles. The third-order valence-corrected chi connectivity index (χ3v) is 0.653. The number of carboxylic acids is 2. The van der Waals surface area contributed by atoms with Gasteiger partial charge in [0.05, 0.1) is 6.42 Å². The van der Waals surface area contributed by atoms with E-state index in [-0.39, 0.29) is 19.8 Å². The number of carboxylic acid groups (broad SMARTS) is 2. The molecule has 0 spiro atoms. The number of rotatable bonds is 3. The third-order valence-electron chi connectivity index (χ3n) is 0.653. The fourth-order valence-electron chi connectivity index (χ4n) is 0.253. The Kier molecular flexibility index (Phi) is 6.52. The Morgan fingerprint density at radius 2 is 1.70 bits per heavy atom. The standard InChI is InChI=1S/C4H6O5.Ga.3H/c5-2(4(8)9)1-3(6)7;;;;/h2,5H,1H2,(H,6,7)(H,8,9);;;;. The Morgan fingerprint density at radius 3 is 1.80 bits per heavy atom. The summed E-state index contributed by atoms with van der Waals surface area (Å²) in [6.45, 7) is 0. The molecule has 0 rings (SSSR count). The van der Waals surface area contributed by atoms with Gasteiger partial charge in [0.2, 0.25) is 0 Å². The van der Waals surface area contributed by atoms with Gasteiger partial charge in [-0.3, -0.25) is 4.79 Å². The Labute approximate surface area is 69.7 Å². The quantitative estimate of drug-likeness (QED) is 0.453. The topological polar surface area (TPSA) is 94.8 Å². The van der Waals surface area contributed by atoms with Crippen molar-refractivity contribution in [2.75, 3.05) is 0 Å². The van der Waals surface area contributed by atoms with Gasteiger partial charge >= 0.3 is 31.7 Å².